The number of benzene rings is 2. The van der Waals surface area contributed by atoms with E-state index in [0.717, 1.165) is 16.2 Å². The second kappa shape index (κ2) is 8.27. The summed E-state index contributed by atoms with van der Waals surface area (Å²) in [5.74, 6) is -1.11. The molecule has 0 bridgehead atoms. The predicted octanol–water partition coefficient (Wildman–Crippen LogP) is 3.17. The first-order chi connectivity index (χ1) is 15.0. The van der Waals surface area contributed by atoms with Crippen LogP contribution in [-0.4, -0.2) is 27.7 Å². The van der Waals surface area contributed by atoms with E-state index in [1.807, 2.05) is 0 Å². The minimum Gasteiger partial charge on any atom is -0.506 e. The van der Waals surface area contributed by atoms with E-state index in [1.54, 1.807) is 37.4 Å². The van der Waals surface area contributed by atoms with Crippen LogP contribution < -0.4 is 15.6 Å². The minimum absolute atomic E-state index is 0.113. The topological polar surface area (TPSA) is 93.4 Å². The second-order valence-electron chi connectivity index (χ2n) is 6.75. The van der Waals surface area contributed by atoms with Gasteiger partial charge in [0.25, 0.3) is 11.5 Å². The third-order valence-electron chi connectivity index (χ3n) is 4.81. The Morgan fingerprint density at radius 2 is 1.94 bits per heavy atom. The van der Waals surface area contributed by atoms with Crippen LogP contribution in [-0.2, 0) is 6.54 Å². The molecule has 156 valence electrons. The van der Waals surface area contributed by atoms with Gasteiger partial charge in [-0.25, -0.2) is 9.37 Å². The minimum atomic E-state index is -0.804. The number of carbonyl (C=O) groups is 1. The Bertz CT molecular complexity index is 1330. The molecule has 2 aromatic heterocycles. The Morgan fingerprint density at radius 3 is 2.65 bits per heavy atom. The first-order valence-corrected chi connectivity index (χ1v) is 9.39. The van der Waals surface area contributed by atoms with Crippen molar-refractivity contribution in [1.82, 2.24) is 14.9 Å². The molecule has 0 saturated carbocycles. The molecule has 0 fully saturated rings. The zero-order chi connectivity index (χ0) is 22.0. The maximum Gasteiger partial charge on any atom is 0.273 e. The number of hydrogen-bond donors (Lipinski definition) is 2. The zero-order valence-electron chi connectivity index (χ0n) is 16.5. The largest absolute Gasteiger partial charge is 0.506 e. The highest BCUT2D eigenvalue weighted by Gasteiger charge is 2.23. The number of ether oxygens (including phenoxy) is 1. The van der Waals surface area contributed by atoms with E-state index in [2.05, 4.69) is 10.3 Å². The van der Waals surface area contributed by atoms with Crippen LogP contribution >= 0.6 is 0 Å². The van der Waals surface area contributed by atoms with E-state index in [-0.39, 0.29) is 23.3 Å². The van der Waals surface area contributed by atoms with Crippen LogP contribution in [0.25, 0.3) is 16.7 Å². The fraction of sp³-hybridized carbons (Fsp3) is 0.0870. The van der Waals surface area contributed by atoms with Crippen molar-refractivity contribution in [2.24, 2.45) is 0 Å². The smallest absolute Gasteiger partial charge is 0.273 e. The molecule has 2 N–H and O–H groups in total. The Balaban J connectivity index is 1.78. The highest BCUT2D eigenvalue weighted by Crippen LogP contribution is 2.27. The molecule has 0 radical (unpaired) electrons. The van der Waals surface area contributed by atoms with Crippen molar-refractivity contribution < 1.29 is 19.0 Å². The van der Waals surface area contributed by atoms with Crippen LogP contribution in [0.15, 0.2) is 71.7 Å². The Labute approximate surface area is 176 Å². The molecular weight excluding hydrogens is 401 g/mol. The lowest BCUT2D eigenvalue weighted by Gasteiger charge is -2.14. The summed E-state index contributed by atoms with van der Waals surface area (Å²) in [6.07, 6.45) is 1.44. The van der Waals surface area contributed by atoms with Crippen LogP contribution in [0, 0.1) is 5.82 Å². The van der Waals surface area contributed by atoms with E-state index in [4.69, 9.17) is 4.74 Å². The average molecular weight is 419 g/mol. The van der Waals surface area contributed by atoms with E-state index < -0.39 is 28.6 Å². The molecule has 0 atom stereocenters. The van der Waals surface area contributed by atoms with Gasteiger partial charge in [-0.15, -0.1) is 0 Å². The van der Waals surface area contributed by atoms with E-state index in [9.17, 15) is 19.1 Å². The SMILES string of the molecule is COc1ccc(CNC(=O)c2c(O)c3cccnc3n(-c3cccc(F)c3)c2=O)cc1. The molecule has 2 aromatic carbocycles. The number of amides is 1. The van der Waals surface area contributed by atoms with Crippen LogP contribution in [0.2, 0.25) is 0 Å². The van der Waals surface area contributed by atoms with Crippen molar-refractivity contribution in [2.75, 3.05) is 7.11 Å². The number of aromatic hydroxyl groups is 1. The van der Waals surface area contributed by atoms with Gasteiger partial charge < -0.3 is 15.2 Å². The van der Waals surface area contributed by atoms with Gasteiger partial charge in [-0.3, -0.25) is 14.2 Å². The van der Waals surface area contributed by atoms with Crippen LogP contribution in [0.4, 0.5) is 4.39 Å². The van der Waals surface area contributed by atoms with Gasteiger partial charge in [0.05, 0.1) is 18.2 Å². The standard InChI is InChI=1S/C23H18FN3O4/c1-31-17-9-7-14(8-10-17)13-26-22(29)19-20(28)18-6-3-11-25-21(18)27(23(19)30)16-5-2-4-15(24)12-16/h2-12,28H,13H2,1H3,(H,26,29). The van der Waals surface area contributed by atoms with Crippen molar-refractivity contribution in [3.63, 3.8) is 0 Å². The number of aromatic nitrogens is 2. The molecule has 0 saturated heterocycles. The molecule has 4 rings (SSSR count). The molecule has 8 heteroatoms. The lowest BCUT2D eigenvalue weighted by Crippen LogP contribution is -2.33. The van der Waals surface area contributed by atoms with Crippen molar-refractivity contribution in [2.45, 2.75) is 6.54 Å². The number of hydrogen-bond acceptors (Lipinski definition) is 5. The fourth-order valence-electron chi connectivity index (χ4n) is 3.28. The third-order valence-corrected chi connectivity index (χ3v) is 4.81. The van der Waals surface area contributed by atoms with E-state index in [0.29, 0.717) is 5.75 Å². The molecule has 1 amide bonds. The highest BCUT2D eigenvalue weighted by atomic mass is 19.1. The van der Waals surface area contributed by atoms with Gasteiger partial charge >= 0.3 is 0 Å². The third kappa shape index (κ3) is 3.83. The normalized spacial score (nSPS) is 10.8. The second-order valence-corrected chi connectivity index (χ2v) is 6.75. The number of pyridine rings is 2. The molecule has 0 aliphatic rings. The first kappa shape index (κ1) is 20.1. The summed E-state index contributed by atoms with van der Waals surface area (Å²) in [6.45, 7) is 0.132. The summed E-state index contributed by atoms with van der Waals surface area (Å²) in [6, 6.07) is 15.5. The monoisotopic (exact) mass is 419 g/mol. The van der Waals surface area contributed by atoms with Crippen LogP contribution in [0.3, 0.4) is 0 Å². The van der Waals surface area contributed by atoms with Gasteiger partial charge in [0.15, 0.2) is 5.65 Å². The predicted molar refractivity (Wildman–Crippen MR) is 113 cm³/mol. The maximum absolute atomic E-state index is 13.8. The van der Waals surface area contributed by atoms with E-state index >= 15 is 0 Å². The lowest BCUT2D eigenvalue weighted by atomic mass is 10.1. The van der Waals surface area contributed by atoms with Crippen LogP contribution in [0.1, 0.15) is 15.9 Å². The molecule has 7 nitrogen and oxygen atoms in total. The number of halogens is 1. The van der Waals surface area contributed by atoms with Gasteiger partial charge in [-0.05, 0) is 48.0 Å². The van der Waals surface area contributed by atoms with Crippen molar-refractivity contribution in [1.29, 1.82) is 0 Å². The van der Waals surface area contributed by atoms with Crippen LogP contribution in [0.5, 0.6) is 11.5 Å². The van der Waals surface area contributed by atoms with Gasteiger partial charge in [0, 0.05) is 12.7 Å². The summed E-state index contributed by atoms with van der Waals surface area (Å²) in [4.78, 5) is 30.2. The summed E-state index contributed by atoms with van der Waals surface area (Å²) < 4.78 is 20.0. The number of rotatable bonds is 5. The summed E-state index contributed by atoms with van der Waals surface area (Å²) in [5.41, 5.74) is -0.165. The fourth-order valence-corrected chi connectivity index (χ4v) is 3.28. The van der Waals surface area contributed by atoms with Crippen molar-refractivity contribution >= 4 is 16.9 Å². The number of methoxy groups -OCH3 is 1. The number of fused-ring (bicyclic) bond motifs is 1. The lowest BCUT2D eigenvalue weighted by molar-refractivity contribution is 0.0946. The number of carbonyl (C=O) groups excluding carboxylic acids is 1. The summed E-state index contributed by atoms with van der Waals surface area (Å²) >= 11 is 0. The zero-order valence-corrected chi connectivity index (χ0v) is 16.5. The van der Waals surface area contributed by atoms with Gasteiger partial charge in [0.2, 0.25) is 0 Å². The first-order valence-electron chi connectivity index (χ1n) is 9.39. The van der Waals surface area contributed by atoms with Crippen molar-refractivity contribution in [3.8, 4) is 17.2 Å². The Hall–Kier alpha value is -4.20. The van der Waals surface area contributed by atoms with Gasteiger partial charge in [-0.2, -0.15) is 0 Å². The van der Waals surface area contributed by atoms with Gasteiger partial charge in [-0.1, -0.05) is 18.2 Å². The molecule has 0 unspecified atom stereocenters. The maximum atomic E-state index is 13.8. The number of nitrogens with one attached hydrogen (secondary N) is 1. The Morgan fingerprint density at radius 1 is 1.16 bits per heavy atom. The quantitative estimate of drug-likeness (QED) is 0.518. The van der Waals surface area contributed by atoms with E-state index in [1.165, 1.54) is 30.5 Å². The summed E-state index contributed by atoms with van der Waals surface area (Å²) in [7, 11) is 1.55. The van der Waals surface area contributed by atoms with Crippen molar-refractivity contribution in [3.05, 3.63) is 94.2 Å². The molecule has 31 heavy (non-hydrogen) atoms. The molecule has 0 aliphatic heterocycles. The molecule has 0 spiro atoms. The number of nitrogens with zero attached hydrogens (tertiary/aromatic N) is 2. The van der Waals surface area contributed by atoms with Gasteiger partial charge in [0.1, 0.15) is 22.9 Å². The molecular formula is C23H18FN3O4. The summed E-state index contributed by atoms with van der Waals surface area (Å²) in [5, 5.41) is 13.5. The molecule has 2 heterocycles. The average Bonchev–Trinajstić information content (AvgIpc) is 2.78. The Kier molecular flexibility index (Phi) is 5.36. The highest BCUT2D eigenvalue weighted by molar-refractivity contribution is 6.02. The molecule has 4 aromatic rings. The molecule has 0 aliphatic carbocycles.